The summed E-state index contributed by atoms with van der Waals surface area (Å²) >= 11 is 4.96. The molecule has 0 aliphatic rings. The highest BCUT2D eigenvalue weighted by molar-refractivity contribution is 7.71. The number of benzene rings is 1. The second-order valence-electron chi connectivity index (χ2n) is 6.12. The molecular weight excluding hydrogens is 384 g/mol. The summed E-state index contributed by atoms with van der Waals surface area (Å²) in [4.78, 5) is 26.6. The molecule has 1 aromatic heterocycles. The lowest BCUT2D eigenvalue weighted by Gasteiger charge is -2.17. The van der Waals surface area contributed by atoms with E-state index in [2.05, 4.69) is 11.6 Å². The lowest BCUT2D eigenvalue weighted by Crippen LogP contribution is -2.39. The van der Waals surface area contributed by atoms with Crippen molar-refractivity contribution in [2.75, 3.05) is 6.61 Å². The maximum absolute atomic E-state index is 12.3. The van der Waals surface area contributed by atoms with Gasteiger partial charge in [-0.15, -0.1) is 6.58 Å². The van der Waals surface area contributed by atoms with Crippen LogP contribution in [0.2, 0.25) is 0 Å². The summed E-state index contributed by atoms with van der Waals surface area (Å²) in [6.07, 6.45) is -2.37. The number of aromatic nitrogens is 2. The number of nitrogens with one attached hydrogen (secondary N) is 1. The number of aliphatic hydroxyl groups excluding tert-OH is 2. The molecule has 2 atom stereocenters. The number of carbonyl (C=O) groups is 1. The molecule has 150 valence electrons. The number of nitrogens with zero attached hydrogens (tertiary/aromatic N) is 1. The Balaban J connectivity index is 2.01. The molecule has 2 aromatic rings. The van der Waals surface area contributed by atoms with Gasteiger partial charge < -0.3 is 20.1 Å². The smallest absolute Gasteiger partial charge is 0.259 e. The fourth-order valence-corrected chi connectivity index (χ4v) is 2.77. The molecule has 0 radical (unpaired) electrons. The van der Waals surface area contributed by atoms with Crippen LogP contribution in [-0.4, -0.2) is 49.5 Å². The molecule has 0 fully saturated rings. The van der Waals surface area contributed by atoms with E-state index in [1.807, 2.05) is 30.3 Å². The number of hydrogen-bond acceptors (Lipinski definition) is 7. The topological polar surface area (TPSA) is 125 Å². The monoisotopic (exact) mass is 406 g/mol. The van der Waals surface area contributed by atoms with Gasteiger partial charge in [0.05, 0.1) is 18.8 Å². The third-order valence-corrected chi connectivity index (χ3v) is 4.34. The van der Waals surface area contributed by atoms with Gasteiger partial charge >= 0.3 is 0 Å². The first-order valence-corrected chi connectivity index (χ1v) is 8.92. The van der Waals surface area contributed by atoms with Crippen molar-refractivity contribution >= 4 is 18.0 Å². The van der Waals surface area contributed by atoms with Gasteiger partial charge in [-0.3, -0.25) is 19.1 Å². The Kier molecular flexibility index (Phi) is 7.82. The van der Waals surface area contributed by atoms with Crippen LogP contribution in [0.4, 0.5) is 0 Å². The fraction of sp³-hybridized carbons (Fsp3) is 0.316. The van der Waals surface area contributed by atoms with Gasteiger partial charge in [-0.05, 0) is 17.8 Å². The number of H-pyrrole nitrogens is 1. The molecule has 0 saturated carbocycles. The van der Waals surface area contributed by atoms with Crippen LogP contribution < -0.4 is 5.56 Å². The molecule has 0 aliphatic heterocycles. The molecule has 28 heavy (non-hydrogen) atoms. The van der Waals surface area contributed by atoms with E-state index in [-0.39, 0.29) is 30.1 Å². The molecule has 0 bridgehead atoms. The molecule has 0 amide bonds. The van der Waals surface area contributed by atoms with E-state index in [1.165, 1.54) is 10.6 Å². The van der Waals surface area contributed by atoms with Gasteiger partial charge in [0.25, 0.3) is 5.56 Å². The standard InChI is InChI=1S/C19H22N2O6S/c1-2-8-21-18(26)13(17(25)20-19(21)28)9-14(22)16(24)15(23)11-27-10-12-6-4-3-5-7-12/h2-7,15-16,23-24,26H,1,8-11H2,(H,20,25,28)/t15-,16+/m1/s1. The van der Waals surface area contributed by atoms with Crippen molar-refractivity contribution in [2.24, 2.45) is 0 Å². The van der Waals surface area contributed by atoms with Crippen LogP contribution in [0.3, 0.4) is 0 Å². The summed E-state index contributed by atoms with van der Waals surface area (Å²) in [6.45, 7) is 3.59. The average molecular weight is 406 g/mol. The van der Waals surface area contributed by atoms with Crippen LogP contribution in [0, 0.1) is 4.77 Å². The molecule has 2 rings (SSSR count). The van der Waals surface area contributed by atoms with E-state index in [1.54, 1.807) is 0 Å². The van der Waals surface area contributed by atoms with E-state index in [9.17, 15) is 24.9 Å². The van der Waals surface area contributed by atoms with Crippen molar-refractivity contribution in [1.82, 2.24) is 9.55 Å². The Hall–Kier alpha value is -2.59. The van der Waals surface area contributed by atoms with Crippen LogP contribution in [0.5, 0.6) is 5.88 Å². The Bertz CT molecular complexity index is 938. The lowest BCUT2D eigenvalue weighted by molar-refractivity contribution is -0.135. The highest BCUT2D eigenvalue weighted by Crippen LogP contribution is 2.15. The van der Waals surface area contributed by atoms with Gasteiger partial charge in [-0.25, -0.2) is 0 Å². The third kappa shape index (κ3) is 5.46. The Morgan fingerprint density at radius 1 is 1.32 bits per heavy atom. The summed E-state index contributed by atoms with van der Waals surface area (Å²) in [5.74, 6) is -1.32. The Morgan fingerprint density at radius 2 is 2.00 bits per heavy atom. The number of ether oxygens (including phenoxy) is 1. The minimum atomic E-state index is -1.77. The summed E-state index contributed by atoms with van der Waals surface area (Å²) in [5, 5.41) is 30.2. The van der Waals surface area contributed by atoms with Crippen molar-refractivity contribution in [1.29, 1.82) is 0 Å². The number of ketones is 1. The number of aromatic hydroxyl groups is 1. The predicted octanol–water partition coefficient (Wildman–Crippen LogP) is 0.848. The molecule has 9 heteroatoms. The number of carbonyl (C=O) groups excluding carboxylic acids is 1. The zero-order valence-corrected chi connectivity index (χ0v) is 15.9. The van der Waals surface area contributed by atoms with Crippen LogP contribution in [0.1, 0.15) is 11.1 Å². The van der Waals surface area contributed by atoms with Gasteiger partial charge in [-0.1, -0.05) is 36.4 Å². The van der Waals surface area contributed by atoms with Crippen molar-refractivity contribution in [2.45, 2.75) is 31.8 Å². The van der Waals surface area contributed by atoms with Crippen molar-refractivity contribution in [3.63, 3.8) is 0 Å². The first-order valence-electron chi connectivity index (χ1n) is 8.51. The molecule has 8 nitrogen and oxygen atoms in total. The summed E-state index contributed by atoms with van der Waals surface area (Å²) in [7, 11) is 0. The molecule has 0 spiro atoms. The Labute approximate surface area is 166 Å². The number of allylic oxidation sites excluding steroid dienone is 1. The van der Waals surface area contributed by atoms with E-state index >= 15 is 0 Å². The summed E-state index contributed by atoms with van der Waals surface area (Å²) in [5.41, 5.74) is -0.113. The highest BCUT2D eigenvalue weighted by atomic mass is 32.1. The zero-order chi connectivity index (χ0) is 20.7. The summed E-state index contributed by atoms with van der Waals surface area (Å²) < 4.78 is 6.48. The summed E-state index contributed by atoms with van der Waals surface area (Å²) in [6, 6.07) is 9.21. The zero-order valence-electron chi connectivity index (χ0n) is 15.1. The van der Waals surface area contributed by atoms with E-state index in [0.29, 0.717) is 0 Å². The second kappa shape index (κ2) is 10.1. The maximum Gasteiger partial charge on any atom is 0.259 e. The number of aromatic amines is 1. The predicted molar refractivity (Wildman–Crippen MR) is 105 cm³/mol. The van der Waals surface area contributed by atoms with Crippen LogP contribution in [0.15, 0.2) is 47.8 Å². The molecule has 0 saturated heterocycles. The van der Waals surface area contributed by atoms with Crippen LogP contribution in [-0.2, 0) is 29.1 Å². The molecule has 0 aliphatic carbocycles. The van der Waals surface area contributed by atoms with Gasteiger partial charge in [-0.2, -0.15) is 0 Å². The van der Waals surface area contributed by atoms with Crippen molar-refractivity contribution in [3.05, 3.63) is 69.2 Å². The van der Waals surface area contributed by atoms with E-state index in [0.717, 1.165) is 5.56 Å². The third-order valence-electron chi connectivity index (χ3n) is 4.02. The Morgan fingerprint density at radius 3 is 2.64 bits per heavy atom. The molecule has 0 unspecified atom stereocenters. The molecular formula is C19H22N2O6S. The van der Waals surface area contributed by atoms with Crippen LogP contribution >= 0.6 is 12.2 Å². The number of hydrogen-bond donors (Lipinski definition) is 4. The first-order chi connectivity index (χ1) is 13.3. The average Bonchev–Trinajstić information content (AvgIpc) is 2.68. The van der Waals surface area contributed by atoms with Gasteiger partial charge in [0.2, 0.25) is 5.88 Å². The van der Waals surface area contributed by atoms with Crippen LogP contribution in [0.25, 0.3) is 0 Å². The number of Topliss-reactive ketones (excluding diaryl/α,β-unsaturated/α-hetero) is 1. The van der Waals surface area contributed by atoms with Gasteiger partial charge in [0.15, 0.2) is 10.6 Å². The van der Waals surface area contributed by atoms with E-state index in [4.69, 9.17) is 17.0 Å². The minimum absolute atomic E-state index is 0.0199. The highest BCUT2D eigenvalue weighted by Gasteiger charge is 2.27. The molecule has 1 aromatic carbocycles. The normalized spacial score (nSPS) is 13.1. The van der Waals surface area contributed by atoms with Crippen molar-refractivity contribution < 1.29 is 24.9 Å². The first kappa shape index (κ1) is 21.7. The fourth-order valence-electron chi connectivity index (χ4n) is 2.51. The van der Waals surface area contributed by atoms with Gasteiger partial charge in [0, 0.05) is 13.0 Å². The largest absolute Gasteiger partial charge is 0.494 e. The van der Waals surface area contributed by atoms with Gasteiger partial charge in [0.1, 0.15) is 12.2 Å². The maximum atomic E-state index is 12.3. The number of aliphatic hydroxyl groups is 2. The van der Waals surface area contributed by atoms with E-state index < -0.39 is 35.9 Å². The molecule has 1 heterocycles. The second-order valence-corrected chi connectivity index (χ2v) is 6.50. The lowest BCUT2D eigenvalue weighted by atomic mass is 10.0. The molecule has 4 N–H and O–H groups in total. The quantitative estimate of drug-likeness (QED) is 0.340. The minimum Gasteiger partial charge on any atom is -0.494 e. The number of rotatable bonds is 10. The SMILES string of the molecule is C=CCn1c(O)c(CC(=O)[C@H](O)[C@H](O)COCc2ccccc2)c(=O)[nH]c1=S. The van der Waals surface area contributed by atoms with Crippen molar-refractivity contribution in [3.8, 4) is 5.88 Å².